The quantitative estimate of drug-likeness (QED) is 0.0822. The van der Waals surface area contributed by atoms with Gasteiger partial charge in [-0.1, -0.05) is 74.7 Å². The zero-order valence-corrected chi connectivity index (χ0v) is 38.9. The second-order valence-electron chi connectivity index (χ2n) is 24.2. The first-order valence-electron chi connectivity index (χ1n) is 26.2. The number of allylic oxidation sites excluding steroid dienone is 2. The van der Waals surface area contributed by atoms with Crippen molar-refractivity contribution in [1.29, 1.82) is 0 Å². The van der Waals surface area contributed by atoms with Gasteiger partial charge in [-0.25, -0.2) is 4.79 Å². The van der Waals surface area contributed by atoms with E-state index in [2.05, 4.69) is 29.3 Å². The molecule has 13 rings (SSSR count). The third-order valence-corrected chi connectivity index (χ3v) is 22.8. The molecule has 0 radical (unpaired) electrons. The molecule has 1 aliphatic heterocycles. The summed E-state index contributed by atoms with van der Waals surface area (Å²) in [5.41, 5.74) is -6.34. The fourth-order valence-corrected chi connectivity index (χ4v) is 20.4. The number of hydrogen-bond donors (Lipinski definition) is 7. The highest BCUT2D eigenvalue weighted by molar-refractivity contribution is 5.87. The van der Waals surface area contributed by atoms with Crippen molar-refractivity contribution in [2.45, 2.75) is 170 Å². The van der Waals surface area contributed by atoms with Gasteiger partial charge in [-0.3, -0.25) is 0 Å². The van der Waals surface area contributed by atoms with Crippen LogP contribution >= 0.6 is 0 Å². The third-order valence-electron chi connectivity index (χ3n) is 22.8. The van der Waals surface area contributed by atoms with E-state index >= 15 is 0 Å². The van der Waals surface area contributed by atoms with Crippen LogP contribution in [0.1, 0.15) is 139 Å². The van der Waals surface area contributed by atoms with Crippen molar-refractivity contribution >= 4 is 12.3 Å². The van der Waals surface area contributed by atoms with Crippen molar-refractivity contribution in [1.82, 2.24) is 5.32 Å². The van der Waals surface area contributed by atoms with Gasteiger partial charge in [0.1, 0.15) is 18.0 Å². The van der Waals surface area contributed by atoms with Gasteiger partial charge in [0.2, 0.25) is 0 Å². The van der Waals surface area contributed by atoms with E-state index < -0.39 is 74.4 Å². The van der Waals surface area contributed by atoms with E-state index in [1.54, 1.807) is 6.08 Å². The summed E-state index contributed by atoms with van der Waals surface area (Å²) < 4.78 is 6.34. The number of hydrogen-bond acceptors (Lipinski definition) is 10. The Morgan fingerprint density at radius 3 is 2.45 bits per heavy atom. The number of nitrogens with one attached hydrogen (secondary N) is 1. The summed E-state index contributed by atoms with van der Waals surface area (Å²) in [7, 11) is 1.91. The molecule has 17 unspecified atom stereocenters. The van der Waals surface area contributed by atoms with Crippen molar-refractivity contribution in [3.8, 4) is 11.8 Å². The van der Waals surface area contributed by atoms with Crippen LogP contribution in [0.2, 0.25) is 0 Å². The molecule has 4 bridgehead atoms. The Morgan fingerprint density at radius 2 is 1.71 bits per heavy atom. The number of benzene rings is 1. The van der Waals surface area contributed by atoms with E-state index in [1.165, 1.54) is 25.7 Å². The zero-order valence-electron chi connectivity index (χ0n) is 38.9. The van der Waals surface area contributed by atoms with Crippen molar-refractivity contribution < 1.29 is 45.0 Å². The van der Waals surface area contributed by atoms with Gasteiger partial charge >= 0.3 is 5.97 Å². The van der Waals surface area contributed by atoms with E-state index in [1.807, 2.05) is 25.2 Å². The lowest BCUT2D eigenvalue weighted by atomic mass is 9.33. The minimum atomic E-state index is -1.85. The normalized spacial score (nSPS) is 49.5. The highest BCUT2D eigenvalue weighted by Crippen LogP contribution is 2.82. The predicted molar refractivity (Wildman–Crippen MR) is 246 cm³/mol. The summed E-state index contributed by atoms with van der Waals surface area (Å²) in [6.45, 7) is -0.484. The lowest BCUT2D eigenvalue weighted by Crippen LogP contribution is -2.82. The number of rotatable bonds is 5. The second-order valence-corrected chi connectivity index (χ2v) is 24.2. The van der Waals surface area contributed by atoms with Crippen LogP contribution in [0.5, 0.6) is 0 Å². The third kappa shape index (κ3) is 5.35. The molecule has 1 aromatic carbocycles. The van der Waals surface area contributed by atoms with Crippen LogP contribution in [0, 0.1) is 86.8 Å². The standard InChI is InChI=1S/C56H73NO9/c1-57-45-25-40-34(13-8-15-36(40)29-58)12-4-5-20-52-21-17-46-51(31-59)30-50(18-6-7-19-50)49(62)44-22-35-14-9-16-39(33-10-2-3-11-33)41(35)24-38(56(44,51)65)27-54(46,63)55(52,64)28-37-23-42(45)48-43(26-47(61)66-48)53(37,52)32-60/h8-9,13-15,26,31,33,35,37-39,41-42,44-46,48-49,57-58,60,62-65H,2-3,5-7,10-11,16-25,27-30,32H2,1H3. The molecule has 66 heavy (non-hydrogen) atoms. The van der Waals surface area contributed by atoms with Crippen LogP contribution in [0.3, 0.4) is 0 Å². The van der Waals surface area contributed by atoms with E-state index in [0.29, 0.717) is 68.8 Å². The van der Waals surface area contributed by atoms with E-state index in [-0.39, 0.29) is 62.2 Å². The van der Waals surface area contributed by atoms with E-state index in [9.17, 15) is 40.2 Å². The molecule has 1 aromatic rings. The molecule has 17 atom stereocenters. The summed E-state index contributed by atoms with van der Waals surface area (Å²) in [4.78, 5) is 28.7. The van der Waals surface area contributed by atoms with Crippen LogP contribution < -0.4 is 5.32 Å². The Hall–Kier alpha value is -2.88. The zero-order chi connectivity index (χ0) is 45.6. The number of fused-ring (bicyclic) bond motifs is 7. The van der Waals surface area contributed by atoms with Crippen molar-refractivity contribution in [3.63, 3.8) is 0 Å². The van der Waals surface area contributed by atoms with Gasteiger partial charge in [-0.2, -0.15) is 0 Å². The molecule has 8 saturated carbocycles. The topological polar surface area (TPSA) is 177 Å². The molecule has 2 spiro atoms. The fraction of sp³-hybridized carbons (Fsp3) is 0.750. The number of ether oxygens (including phenoxy) is 1. The highest BCUT2D eigenvalue weighted by Gasteiger charge is 2.87. The molecule has 10 nitrogen and oxygen atoms in total. The molecule has 12 aliphatic rings. The van der Waals surface area contributed by atoms with Gasteiger partial charge in [0, 0.05) is 52.7 Å². The molecule has 0 saturated heterocycles. The van der Waals surface area contributed by atoms with Gasteiger partial charge in [0.15, 0.2) is 0 Å². The number of aliphatic hydroxyl groups excluding tert-OH is 3. The number of aldehydes is 1. The number of aliphatic hydroxyl groups is 6. The molecule has 0 amide bonds. The maximum absolute atomic E-state index is 14.9. The number of esters is 1. The molecule has 10 heteroatoms. The number of carbonyl (C=O) groups is 2. The van der Waals surface area contributed by atoms with Crippen LogP contribution in [-0.4, -0.2) is 91.6 Å². The lowest BCUT2D eigenvalue weighted by Gasteiger charge is -2.74. The van der Waals surface area contributed by atoms with Crippen molar-refractivity contribution in [2.75, 3.05) is 13.7 Å². The van der Waals surface area contributed by atoms with Gasteiger partial charge in [0.25, 0.3) is 0 Å². The Morgan fingerprint density at radius 1 is 0.924 bits per heavy atom. The summed E-state index contributed by atoms with van der Waals surface area (Å²) >= 11 is 0. The molecular formula is C56H73NO9. The van der Waals surface area contributed by atoms with Gasteiger partial charge in [0.05, 0.1) is 35.9 Å². The van der Waals surface area contributed by atoms with Crippen LogP contribution in [-0.2, 0) is 27.4 Å². The average Bonchev–Trinajstić information content (AvgIpc) is 4.13. The van der Waals surface area contributed by atoms with E-state index in [0.717, 1.165) is 55.1 Å². The van der Waals surface area contributed by atoms with Crippen molar-refractivity contribution in [2.24, 2.45) is 74.9 Å². The Labute approximate surface area is 390 Å². The largest absolute Gasteiger partial charge is 0.454 e. The van der Waals surface area contributed by atoms with E-state index in [4.69, 9.17) is 4.74 Å². The second kappa shape index (κ2) is 15.3. The number of likely N-dealkylation sites (N-methyl/N-ethyl adjacent to an activating group) is 1. The molecule has 0 aromatic heterocycles. The minimum Gasteiger partial charge on any atom is -0.454 e. The molecule has 7 N–H and O–H groups in total. The molecule has 8 fully saturated rings. The summed E-state index contributed by atoms with van der Waals surface area (Å²) in [5.74, 6) is 5.29. The Bertz CT molecular complexity index is 2290. The Kier molecular flexibility index (Phi) is 10.3. The van der Waals surface area contributed by atoms with Crippen molar-refractivity contribution in [3.05, 3.63) is 58.7 Å². The van der Waals surface area contributed by atoms with Crippen LogP contribution in [0.4, 0.5) is 0 Å². The maximum atomic E-state index is 14.9. The highest BCUT2D eigenvalue weighted by atomic mass is 16.5. The number of carbonyl (C=O) groups excluding carboxylic acids is 2. The molecule has 1 heterocycles. The first kappa shape index (κ1) is 44.3. The lowest BCUT2D eigenvalue weighted by molar-refractivity contribution is -0.358. The predicted octanol–water partition coefficient (Wildman–Crippen LogP) is 5.85. The smallest absolute Gasteiger partial charge is 0.331 e. The fourth-order valence-electron chi connectivity index (χ4n) is 20.4. The molecule has 11 aliphatic carbocycles. The van der Waals surface area contributed by atoms with Gasteiger partial charge in [-0.05, 0) is 154 Å². The van der Waals surface area contributed by atoms with Crippen LogP contribution in [0.15, 0.2) is 42.0 Å². The minimum absolute atomic E-state index is 0.0975. The SMILES string of the molecule is CNC1Cc2c(cccc2CO)C#CCCC23CCC4C(O)(CC5CC6C(C=CCC6C6CCCC6)CC6C(O)C7(CCCC7)CC4(C=O)C56O)C2(O)CC2CC1C1OC(=O)C=C1C23CO. The maximum Gasteiger partial charge on any atom is 0.331 e. The monoisotopic (exact) mass is 904 g/mol. The Balaban J connectivity index is 1.06. The summed E-state index contributed by atoms with van der Waals surface area (Å²) in [6, 6.07) is 5.60. The summed E-state index contributed by atoms with van der Waals surface area (Å²) in [6.07, 6.45) is 19.3. The summed E-state index contributed by atoms with van der Waals surface area (Å²) in [5, 5.41) is 82.8. The first-order valence-corrected chi connectivity index (χ1v) is 26.2. The average molecular weight is 904 g/mol. The molecule has 356 valence electrons. The first-order chi connectivity index (χ1) is 31.8. The van der Waals surface area contributed by atoms with Crippen LogP contribution in [0.25, 0.3) is 0 Å². The molecular weight excluding hydrogens is 831 g/mol. The van der Waals surface area contributed by atoms with Gasteiger partial charge < -0.3 is 45.5 Å². The van der Waals surface area contributed by atoms with Gasteiger partial charge in [-0.15, -0.1) is 0 Å².